The smallest absolute Gasteiger partial charge is 0.339 e. The molecule has 0 saturated carbocycles. The molecule has 0 spiro atoms. The lowest BCUT2D eigenvalue weighted by Gasteiger charge is -2.43. The molecular formula is C34H56O7Si. The SMILES string of the molecule is COc1ccc(C(=O)O[C@@H](C#C[C@H](C)[C@H](O)C[C@@H](C)CO[Si](C(C)C)(C(C)C)C(C)C)CCOC(=O)C(C)(C)C)cc1. The normalized spacial score (nSPS) is 15.0. The van der Waals surface area contributed by atoms with Gasteiger partial charge >= 0.3 is 11.9 Å². The molecule has 1 aromatic carbocycles. The second-order valence-corrected chi connectivity index (χ2v) is 18.9. The second-order valence-electron chi connectivity index (χ2n) is 13.4. The molecule has 0 unspecified atom stereocenters. The van der Waals surface area contributed by atoms with Gasteiger partial charge in [-0.2, -0.15) is 0 Å². The maximum absolute atomic E-state index is 12.8. The number of carbonyl (C=O) groups is 2. The first kappa shape index (κ1) is 37.7. The van der Waals surface area contributed by atoms with Crippen molar-refractivity contribution in [3.63, 3.8) is 0 Å². The quantitative estimate of drug-likeness (QED) is 0.127. The summed E-state index contributed by atoms with van der Waals surface area (Å²) in [5, 5.41) is 11.0. The molecule has 0 radical (unpaired) electrons. The molecule has 0 aliphatic heterocycles. The highest BCUT2D eigenvalue weighted by Crippen LogP contribution is 2.42. The number of aliphatic hydroxyl groups is 1. The van der Waals surface area contributed by atoms with E-state index in [2.05, 4.69) is 60.3 Å². The van der Waals surface area contributed by atoms with Crippen molar-refractivity contribution in [2.24, 2.45) is 17.3 Å². The molecule has 0 aliphatic carbocycles. The predicted molar refractivity (Wildman–Crippen MR) is 171 cm³/mol. The minimum atomic E-state index is -1.98. The van der Waals surface area contributed by atoms with Crippen LogP contribution >= 0.6 is 0 Å². The summed E-state index contributed by atoms with van der Waals surface area (Å²) < 4.78 is 23.0. The van der Waals surface area contributed by atoms with Crippen molar-refractivity contribution in [2.75, 3.05) is 20.3 Å². The van der Waals surface area contributed by atoms with Crippen molar-refractivity contribution in [1.29, 1.82) is 0 Å². The number of hydrogen-bond acceptors (Lipinski definition) is 7. The Morgan fingerprint density at radius 2 is 1.45 bits per heavy atom. The first-order chi connectivity index (χ1) is 19.4. The number of aliphatic hydroxyl groups excluding tert-OH is 1. The highest BCUT2D eigenvalue weighted by Gasteiger charge is 2.45. The molecular weight excluding hydrogens is 548 g/mol. The van der Waals surface area contributed by atoms with Crippen LogP contribution in [0.4, 0.5) is 0 Å². The van der Waals surface area contributed by atoms with Crippen molar-refractivity contribution in [1.82, 2.24) is 0 Å². The number of benzene rings is 1. The number of carbonyl (C=O) groups excluding carboxylic acids is 2. The van der Waals surface area contributed by atoms with Crippen molar-refractivity contribution in [3.8, 4) is 17.6 Å². The van der Waals surface area contributed by atoms with Gasteiger partial charge in [-0.05, 0) is 80.9 Å². The van der Waals surface area contributed by atoms with E-state index < -0.39 is 31.9 Å². The van der Waals surface area contributed by atoms with Crippen LogP contribution < -0.4 is 4.74 Å². The molecule has 0 saturated heterocycles. The van der Waals surface area contributed by atoms with E-state index in [4.69, 9.17) is 18.6 Å². The lowest BCUT2D eigenvalue weighted by atomic mass is 9.95. The third kappa shape index (κ3) is 11.4. The Hall–Kier alpha value is -2.34. The first-order valence-electron chi connectivity index (χ1n) is 15.3. The third-order valence-electron chi connectivity index (χ3n) is 7.82. The standard InChI is InChI=1S/C34H56O7Si/c1-23(2)42(24(3)4,25(5)6)40-22-26(7)21-31(35)27(8)13-16-30(19-20-39-33(37)34(9,10)11)41-32(36)28-14-17-29(38-12)18-15-28/h14-15,17-18,23-27,30-31,35H,19-22H2,1-12H3/t26-,27+,30+,31-/m1/s1. The van der Waals surface area contributed by atoms with Crippen LogP contribution in [0.1, 0.15) is 99.4 Å². The van der Waals surface area contributed by atoms with Gasteiger partial charge in [-0.15, -0.1) is 0 Å². The average Bonchev–Trinajstić information content (AvgIpc) is 2.90. The number of methoxy groups -OCH3 is 1. The summed E-state index contributed by atoms with van der Waals surface area (Å²) in [6.45, 7) is 23.6. The lowest BCUT2D eigenvalue weighted by Crippen LogP contribution is -2.48. The van der Waals surface area contributed by atoms with E-state index in [0.717, 1.165) is 0 Å². The van der Waals surface area contributed by atoms with Gasteiger partial charge in [0.15, 0.2) is 14.4 Å². The molecule has 0 bridgehead atoms. The zero-order valence-electron chi connectivity index (χ0n) is 28.1. The number of esters is 2. The summed E-state index contributed by atoms with van der Waals surface area (Å²) in [6.07, 6.45) is -0.706. The fourth-order valence-corrected chi connectivity index (χ4v) is 10.9. The molecule has 0 fully saturated rings. The molecule has 0 aliphatic rings. The maximum Gasteiger partial charge on any atom is 0.339 e. The molecule has 0 aromatic heterocycles. The molecule has 238 valence electrons. The molecule has 7 nitrogen and oxygen atoms in total. The monoisotopic (exact) mass is 604 g/mol. The molecule has 1 N–H and O–H groups in total. The average molecular weight is 605 g/mol. The Kier molecular flexibility index (Phi) is 15.3. The predicted octanol–water partition coefficient (Wildman–Crippen LogP) is 7.42. The topological polar surface area (TPSA) is 91.3 Å². The minimum absolute atomic E-state index is 0.0594. The van der Waals surface area contributed by atoms with E-state index in [1.165, 1.54) is 0 Å². The van der Waals surface area contributed by atoms with Crippen LogP contribution in [-0.4, -0.2) is 57.9 Å². The minimum Gasteiger partial charge on any atom is -0.497 e. The van der Waals surface area contributed by atoms with Crippen molar-refractivity contribution in [2.45, 2.75) is 118 Å². The Morgan fingerprint density at radius 1 is 0.905 bits per heavy atom. The van der Waals surface area contributed by atoms with Gasteiger partial charge < -0.3 is 23.7 Å². The fraction of sp³-hybridized carbons (Fsp3) is 0.706. The summed E-state index contributed by atoms with van der Waals surface area (Å²) >= 11 is 0. The molecule has 8 heteroatoms. The van der Waals surface area contributed by atoms with Crippen LogP contribution in [0.3, 0.4) is 0 Å². The van der Waals surface area contributed by atoms with Gasteiger partial charge in [0.1, 0.15) is 5.75 Å². The summed E-state index contributed by atoms with van der Waals surface area (Å²) in [6, 6.07) is 6.61. The van der Waals surface area contributed by atoms with E-state index in [1.807, 2.05) is 6.92 Å². The Bertz CT molecular complexity index is 1010. The highest BCUT2D eigenvalue weighted by molar-refractivity contribution is 6.77. The van der Waals surface area contributed by atoms with Gasteiger partial charge in [0.2, 0.25) is 0 Å². The van der Waals surface area contributed by atoms with Crippen LogP contribution in [0.2, 0.25) is 16.6 Å². The molecule has 0 amide bonds. The van der Waals surface area contributed by atoms with Gasteiger partial charge in [0.25, 0.3) is 0 Å². The summed E-state index contributed by atoms with van der Waals surface area (Å²) in [5.41, 5.74) is 1.22. The van der Waals surface area contributed by atoms with Crippen molar-refractivity contribution in [3.05, 3.63) is 29.8 Å². The first-order valence-corrected chi connectivity index (χ1v) is 17.4. The van der Waals surface area contributed by atoms with Gasteiger partial charge in [0, 0.05) is 18.9 Å². The van der Waals surface area contributed by atoms with Gasteiger partial charge in [-0.3, -0.25) is 4.79 Å². The number of rotatable bonds is 15. The van der Waals surface area contributed by atoms with Crippen LogP contribution in [-0.2, 0) is 18.7 Å². The maximum atomic E-state index is 12.8. The Labute approximate surface area is 256 Å². The Balaban J connectivity index is 2.93. The lowest BCUT2D eigenvalue weighted by molar-refractivity contribution is -0.153. The zero-order chi connectivity index (χ0) is 32.3. The third-order valence-corrected chi connectivity index (χ3v) is 13.9. The van der Waals surface area contributed by atoms with E-state index >= 15 is 0 Å². The van der Waals surface area contributed by atoms with Gasteiger partial charge in [0.05, 0.1) is 30.8 Å². The van der Waals surface area contributed by atoms with Crippen LogP contribution in [0.15, 0.2) is 24.3 Å². The Morgan fingerprint density at radius 3 is 1.93 bits per heavy atom. The molecule has 42 heavy (non-hydrogen) atoms. The van der Waals surface area contributed by atoms with Crippen LogP contribution in [0.5, 0.6) is 5.75 Å². The van der Waals surface area contributed by atoms with E-state index in [0.29, 0.717) is 41.0 Å². The summed E-state index contributed by atoms with van der Waals surface area (Å²) in [7, 11) is -0.427. The summed E-state index contributed by atoms with van der Waals surface area (Å²) in [4.78, 5) is 25.0. The van der Waals surface area contributed by atoms with E-state index in [-0.39, 0.29) is 30.8 Å². The van der Waals surface area contributed by atoms with Crippen molar-refractivity contribution < 1.29 is 33.3 Å². The second kappa shape index (κ2) is 17.1. The van der Waals surface area contributed by atoms with Gasteiger partial charge in [-0.1, -0.05) is 60.3 Å². The summed E-state index contributed by atoms with van der Waals surface area (Å²) in [5.74, 6) is 5.67. The van der Waals surface area contributed by atoms with Crippen LogP contribution in [0.25, 0.3) is 0 Å². The van der Waals surface area contributed by atoms with E-state index in [9.17, 15) is 14.7 Å². The van der Waals surface area contributed by atoms with E-state index in [1.54, 1.807) is 52.1 Å². The molecule has 1 aromatic rings. The number of ether oxygens (including phenoxy) is 3. The van der Waals surface area contributed by atoms with Crippen LogP contribution in [0, 0.1) is 29.1 Å². The molecule has 1 rings (SSSR count). The van der Waals surface area contributed by atoms with Crippen molar-refractivity contribution >= 4 is 20.3 Å². The highest BCUT2D eigenvalue weighted by atomic mass is 28.4. The number of hydrogen-bond donors (Lipinski definition) is 1. The fourth-order valence-electron chi connectivity index (χ4n) is 5.35. The molecule has 4 atom stereocenters. The molecule has 0 heterocycles. The largest absolute Gasteiger partial charge is 0.497 e. The van der Waals surface area contributed by atoms with Gasteiger partial charge in [-0.25, -0.2) is 4.79 Å². The zero-order valence-corrected chi connectivity index (χ0v) is 29.1.